The van der Waals surface area contributed by atoms with E-state index in [-0.39, 0.29) is 0 Å². The lowest BCUT2D eigenvalue weighted by molar-refractivity contribution is -0.182. The van der Waals surface area contributed by atoms with Gasteiger partial charge in [0.1, 0.15) is 5.69 Å². The Kier molecular flexibility index (Phi) is 1.78. The zero-order valence-corrected chi connectivity index (χ0v) is 6.53. The molecule has 0 aromatic carbocycles. The Morgan fingerprint density at radius 1 is 1.67 bits per heavy atom. The van der Waals surface area contributed by atoms with Gasteiger partial charge in [0, 0.05) is 12.6 Å². The first kappa shape index (κ1) is 7.64. The van der Waals surface area contributed by atoms with Crippen LogP contribution in [0, 0.1) is 6.33 Å². The standard InChI is InChI=1S/C8H9N2O2/c11-8(3-1-5-12-8)7-2-4-9-6-10-7/h2,4,11H,1,3,5H2. The highest BCUT2D eigenvalue weighted by Gasteiger charge is 2.35. The Morgan fingerprint density at radius 3 is 3.17 bits per heavy atom. The lowest BCUT2D eigenvalue weighted by Crippen LogP contribution is -2.25. The molecule has 0 aliphatic carbocycles. The largest absolute Gasteiger partial charge is 0.361 e. The van der Waals surface area contributed by atoms with Crippen molar-refractivity contribution in [2.24, 2.45) is 0 Å². The van der Waals surface area contributed by atoms with E-state index in [1.54, 1.807) is 12.3 Å². The monoisotopic (exact) mass is 165 g/mol. The van der Waals surface area contributed by atoms with Gasteiger partial charge in [-0.1, -0.05) is 0 Å². The third-order valence-corrected chi connectivity index (χ3v) is 1.94. The summed E-state index contributed by atoms with van der Waals surface area (Å²) in [4.78, 5) is 7.47. The molecule has 1 radical (unpaired) electrons. The van der Waals surface area contributed by atoms with Crippen LogP contribution in [0.5, 0.6) is 0 Å². The van der Waals surface area contributed by atoms with Gasteiger partial charge in [0.05, 0.1) is 6.61 Å². The first-order valence-corrected chi connectivity index (χ1v) is 3.87. The van der Waals surface area contributed by atoms with Gasteiger partial charge in [-0.15, -0.1) is 0 Å². The zero-order valence-electron chi connectivity index (χ0n) is 6.53. The molecule has 1 N–H and O–H groups in total. The van der Waals surface area contributed by atoms with E-state index in [1.165, 1.54) is 0 Å². The number of rotatable bonds is 1. The third kappa shape index (κ3) is 1.19. The molecule has 12 heavy (non-hydrogen) atoms. The van der Waals surface area contributed by atoms with Crippen LogP contribution in [-0.4, -0.2) is 21.7 Å². The minimum absolute atomic E-state index is 0.495. The van der Waals surface area contributed by atoms with Crippen LogP contribution in [0.3, 0.4) is 0 Å². The van der Waals surface area contributed by atoms with Crippen LogP contribution in [0.25, 0.3) is 0 Å². The molecular formula is C8H9N2O2. The molecule has 0 bridgehead atoms. The van der Waals surface area contributed by atoms with Gasteiger partial charge in [-0.25, -0.2) is 9.97 Å². The van der Waals surface area contributed by atoms with Gasteiger partial charge in [-0.3, -0.25) is 0 Å². The molecule has 2 rings (SSSR count). The molecule has 4 heteroatoms. The lowest BCUT2D eigenvalue weighted by Gasteiger charge is -2.19. The number of hydrogen-bond acceptors (Lipinski definition) is 4. The fourth-order valence-corrected chi connectivity index (χ4v) is 1.31. The van der Waals surface area contributed by atoms with Gasteiger partial charge in [-0.2, -0.15) is 0 Å². The fourth-order valence-electron chi connectivity index (χ4n) is 1.31. The van der Waals surface area contributed by atoms with E-state index in [9.17, 15) is 5.11 Å². The molecule has 1 unspecified atom stereocenters. The molecule has 1 fully saturated rings. The summed E-state index contributed by atoms with van der Waals surface area (Å²) in [5.41, 5.74) is 0.495. The van der Waals surface area contributed by atoms with Crippen molar-refractivity contribution in [1.82, 2.24) is 9.97 Å². The van der Waals surface area contributed by atoms with Gasteiger partial charge in [-0.05, 0) is 12.5 Å². The molecule has 4 nitrogen and oxygen atoms in total. The van der Waals surface area contributed by atoms with Crippen LogP contribution in [0.1, 0.15) is 18.5 Å². The van der Waals surface area contributed by atoms with Gasteiger partial charge in [0.15, 0.2) is 6.33 Å². The minimum atomic E-state index is -1.19. The third-order valence-electron chi connectivity index (χ3n) is 1.94. The van der Waals surface area contributed by atoms with Gasteiger partial charge >= 0.3 is 0 Å². The molecule has 0 spiro atoms. The smallest absolute Gasteiger partial charge is 0.210 e. The molecule has 1 aromatic heterocycles. The van der Waals surface area contributed by atoms with E-state index in [2.05, 4.69) is 16.3 Å². The Hall–Kier alpha value is -1.00. The topological polar surface area (TPSA) is 55.2 Å². The second-order valence-electron chi connectivity index (χ2n) is 2.78. The van der Waals surface area contributed by atoms with E-state index < -0.39 is 5.79 Å². The van der Waals surface area contributed by atoms with Gasteiger partial charge in [0.2, 0.25) is 5.79 Å². The van der Waals surface area contributed by atoms with E-state index in [1.807, 2.05) is 0 Å². The van der Waals surface area contributed by atoms with Crippen molar-refractivity contribution < 1.29 is 9.84 Å². The number of hydrogen-bond donors (Lipinski definition) is 1. The van der Waals surface area contributed by atoms with Gasteiger partial charge < -0.3 is 9.84 Å². The van der Waals surface area contributed by atoms with Crippen LogP contribution in [-0.2, 0) is 10.5 Å². The maximum absolute atomic E-state index is 9.83. The number of aliphatic hydroxyl groups is 1. The molecule has 2 heterocycles. The highest BCUT2D eigenvalue weighted by Crippen LogP contribution is 2.31. The average Bonchev–Trinajstić information content (AvgIpc) is 2.55. The molecule has 1 saturated heterocycles. The SMILES string of the molecule is OC1(c2ccn[c]n2)CCCO1. The first-order valence-electron chi connectivity index (χ1n) is 3.87. The quantitative estimate of drug-likeness (QED) is 0.647. The van der Waals surface area contributed by atoms with Crippen molar-refractivity contribution in [2.45, 2.75) is 18.6 Å². The van der Waals surface area contributed by atoms with Gasteiger partial charge in [0.25, 0.3) is 0 Å². The Labute approximate surface area is 70.2 Å². The Morgan fingerprint density at radius 2 is 2.58 bits per heavy atom. The normalized spacial score (nSPS) is 29.1. The second-order valence-corrected chi connectivity index (χ2v) is 2.78. The van der Waals surface area contributed by atoms with E-state index in [0.29, 0.717) is 18.7 Å². The molecule has 1 aliphatic heterocycles. The molecule has 63 valence electrons. The lowest BCUT2D eigenvalue weighted by atomic mass is 10.1. The average molecular weight is 165 g/mol. The summed E-state index contributed by atoms with van der Waals surface area (Å²) >= 11 is 0. The van der Waals surface area contributed by atoms with Crippen molar-refractivity contribution in [3.05, 3.63) is 24.3 Å². The molecular weight excluding hydrogens is 156 g/mol. The molecule has 0 amide bonds. The number of ether oxygens (including phenoxy) is 1. The van der Waals surface area contributed by atoms with Crippen molar-refractivity contribution in [2.75, 3.05) is 6.61 Å². The summed E-state index contributed by atoms with van der Waals surface area (Å²) in [7, 11) is 0. The van der Waals surface area contributed by atoms with Crippen molar-refractivity contribution >= 4 is 0 Å². The Bertz CT molecular complexity index is 257. The Balaban J connectivity index is 2.29. The first-order chi connectivity index (χ1) is 5.81. The summed E-state index contributed by atoms with van der Waals surface area (Å²) < 4.78 is 5.17. The zero-order chi connectivity index (χ0) is 8.44. The molecule has 1 aromatic rings. The summed E-state index contributed by atoms with van der Waals surface area (Å²) in [6.45, 7) is 0.584. The predicted molar refractivity (Wildman–Crippen MR) is 40.0 cm³/mol. The predicted octanol–water partition coefficient (Wildman–Crippen LogP) is 0.232. The molecule has 0 saturated carbocycles. The van der Waals surface area contributed by atoms with Crippen LogP contribution in [0.2, 0.25) is 0 Å². The summed E-state index contributed by atoms with van der Waals surface area (Å²) in [5.74, 6) is -1.19. The second kappa shape index (κ2) is 2.80. The maximum Gasteiger partial charge on any atom is 0.210 e. The summed E-state index contributed by atoms with van der Waals surface area (Å²) in [6, 6.07) is 1.64. The van der Waals surface area contributed by atoms with E-state index in [4.69, 9.17) is 4.74 Å². The van der Waals surface area contributed by atoms with Crippen LogP contribution >= 0.6 is 0 Å². The van der Waals surface area contributed by atoms with E-state index >= 15 is 0 Å². The van der Waals surface area contributed by atoms with Crippen LogP contribution in [0.15, 0.2) is 12.3 Å². The minimum Gasteiger partial charge on any atom is -0.361 e. The van der Waals surface area contributed by atoms with Crippen molar-refractivity contribution in [3.63, 3.8) is 0 Å². The van der Waals surface area contributed by atoms with E-state index in [0.717, 1.165) is 6.42 Å². The van der Waals surface area contributed by atoms with Crippen molar-refractivity contribution in [1.29, 1.82) is 0 Å². The van der Waals surface area contributed by atoms with Crippen LogP contribution in [0.4, 0.5) is 0 Å². The molecule has 1 atom stereocenters. The highest BCUT2D eigenvalue weighted by atomic mass is 16.6. The number of nitrogens with zero attached hydrogens (tertiary/aromatic N) is 2. The highest BCUT2D eigenvalue weighted by molar-refractivity contribution is 5.06. The molecule has 1 aliphatic rings. The van der Waals surface area contributed by atoms with Crippen molar-refractivity contribution in [3.8, 4) is 0 Å². The maximum atomic E-state index is 9.83. The number of aromatic nitrogens is 2. The van der Waals surface area contributed by atoms with Crippen LogP contribution < -0.4 is 0 Å². The fraction of sp³-hybridized carbons (Fsp3) is 0.500. The summed E-state index contributed by atoms with van der Waals surface area (Å²) in [5, 5.41) is 9.83. The summed E-state index contributed by atoms with van der Waals surface area (Å²) in [6.07, 6.45) is 5.42.